The lowest BCUT2D eigenvalue weighted by Crippen LogP contribution is -2.51. The number of hydrogen-bond donors (Lipinski definition) is 1. The SMILES string of the molecule is CCCNC(=O)C(CC)N(CCc1ccccc1)C(=O)COc1ccc(CC)cc1Br. The van der Waals surface area contributed by atoms with E-state index < -0.39 is 6.04 Å². The van der Waals surface area contributed by atoms with Crippen LogP contribution in [0.15, 0.2) is 53.0 Å². The van der Waals surface area contributed by atoms with Gasteiger partial charge in [0.05, 0.1) is 4.47 Å². The van der Waals surface area contributed by atoms with Crippen molar-refractivity contribution in [1.29, 1.82) is 0 Å². The zero-order valence-corrected chi connectivity index (χ0v) is 20.3. The average Bonchev–Trinajstić information content (AvgIpc) is 2.79. The highest BCUT2D eigenvalue weighted by atomic mass is 79.9. The first-order valence-corrected chi connectivity index (χ1v) is 11.8. The zero-order chi connectivity index (χ0) is 22.6. The van der Waals surface area contributed by atoms with Crippen LogP contribution in [0.4, 0.5) is 0 Å². The van der Waals surface area contributed by atoms with Crippen LogP contribution in [-0.2, 0) is 22.4 Å². The molecule has 0 saturated heterocycles. The summed E-state index contributed by atoms with van der Waals surface area (Å²) >= 11 is 3.52. The molecule has 0 bridgehead atoms. The first-order chi connectivity index (χ1) is 15.0. The summed E-state index contributed by atoms with van der Waals surface area (Å²) in [6.07, 6.45) is 3.01. The number of carbonyl (C=O) groups excluding carboxylic acids is 2. The fourth-order valence-corrected chi connectivity index (χ4v) is 3.91. The number of carbonyl (C=O) groups is 2. The van der Waals surface area contributed by atoms with Gasteiger partial charge in [0.25, 0.3) is 5.91 Å². The Morgan fingerprint density at radius 3 is 2.42 bits per heavy atom. The third-order valence-electron chi connectivity index (χ3n) is 5.18. The van der Waals surface area contributed by atoms with Crippen molar-refractivity contribution in [3.63, 3.8) is 0 Å². The third kappa shape index (κ3) is 7.69. The van der Waals surface area contributed by atoms with E-state index in [2.05, 4.69) is 28.2 Å². The largest absolute Gasteiger partial charge is 0.483 e. The molecule has 1 N–H and O–H groups in total. The Balaban J connectivity index is 2.12. The van der Waals surface area contributed by atoms with Crippen LogP contribution in [0.5, 0.6) is 5.75 Å². The Labute approximate surface area is 194 Å². The summed E-state index contributed by atoms with van der Waals surface area (Å²) in [5.41, 5.74) is 2.32. The van der Waals surface area contributed by atoms with Gasteiger partial charge in [0, 0.05) is 13.1 Å². The van der Waals surface area contributed by atoms with E-state index in [1.807, 2.05) is 62.4 Å². The summed E-state index contributed by atoms with van der Waals surface area (Å²) in [4.78, 5) is 27.6. The second-order valence-electron chi connectivity index (χ2n) is 7.44. The highest BCUT2D eigenvalue weighted by Crippen LogP contribution is 2.26. The van der Waals surface area contributed by atoms with Gasteiger partial charge in [-0.05, 0) is 64.9 Å². The number of nitrogens with one attached hydrogen (secondary N) is 1. The number of benzene rings is 2. The summed E-state index contributed by atoms with van der Waals surface area (Å²) in [6, 6.07) is 15.3. The summed E-state index contributed by atoms with van der Waals surface area (Å²) in [5.74, 6) is 0.317. The highest BCUT2D eigenvalue weighted by Gasteiger charge is 2.28. The quantitative estimate of drug-likeness (QED) is 0.468. The Kier molecular flexibility index (Phi) is 10.6. The fourth-order valence-electron chi connectivity index (χ4n) is 3.37. The van der Waals surface area contributed by atoms with Gasteiger partial charge in [0.1, 0.15) is 11.8 Å². The summed E-state index contributed by atoms with van der Waals surface area (Å²) < 4.78 is 6.64. The normalized spacial score (nSPS) is 11.6. The van der Waals surface area contributed by atoms with Crippen LogP contribution in [0, 0.1) is 0 Å². The van der Waals surface area contributed by atoms with Gasteiger partial charge in [-0.3, -0.25) is 9.59 Å². The molecular formula is C25H33BrN2O3. The molecule has 1 unspecified atom stereocenters. The second kappa shape index (κ2) is 13.2. The first-order valence-electron chi connectivity index (χ1n) is 11.0. The molecule has 0 aromatic heterocycles. The lowest BCUT2D eigenvalue weighted by atomic mass is 10.1. The van der Waals surface area contributed by atoms with Crippen LogP contribution < -0.4 is 10.1 Å². The molecule has 0 aliphatic heterocycles. The molecule has 168 valence electrons. The fraction of sp³-hybridized carbons (Fsp3) is 0.440. The van der Waals surface area contributed by atoms with Crippen molar-refractivity contribution in [1.82, 2.24) is 10.2 Å². The van der Waals surface area contributed by atoms with Crippen LogP contribution in [0.25, 0.3) is 0 Å². The van der Waals surface area contributed by atoms with E-state index in [0.29, 0.717) is 31.7 Å². The van der Waals surface area contributed by atoms with Gasteiger partial charge in [0.2, 0.25) is 5.91 Å². The lowest BCUT2D eigenvalue weighted by Gasteiger charge is -2.30. The molecule has 5 nitrogen and oxygen atoms in total. The molecule has 0 aliphatic carbocycles. The Bertz CT molecular complexity index is 842. The van der Waals surface area contributed by atoms with Crippen molar-refractivity contribution in [2.75, 3.05) is 19.7 Å². The van der Waals surface area contributed by atoms with Crippen molar-refractivity contribution in [2.45, 2.75) is 52.5 Å². The number of ether oxygens (including phenoxy) is 1. The molecular weight excluding hydrogens is 456 g/mol. The number of hydrogen-bond acceptors (Lipinski definition) is 3. The Morgan fingerprint density at radius 2 is 1.81 bits per heavy atom. The second-order valence-corrected chi connectivity index (χ2v) is 8.30. The third-order valence-corrected chi connectivity index (χ3v) is 5.79. The summed E-state index contributed by atoms with van der Waals surface area (Å²) in [7, 11) is 0. The molecule has 2 rings (SSSR count). The number of aryl methyl sites for hydroxylation is 1. The molecule has 0 saturated carbocycles. The van der Waals surface area contributed by atoms with E-state index in [1.54, 1.807) is 4.90 Å². The topological polar surface area (TPSA) is 58.6 Å². The molecule has 0 fully saturated rings. The summed E-state index contributed by atoms with van der Waals surface area (Å²) in [6.45, 7) is 6.97. The van der Waals surface area contributed by atoms with Crippen molar-refractivity contribution in [3.05, 3.63) is 64.1 Å². The van der Waals surface area contributed by atoms with E-state index in [9.17, 15) is 9.59 Å². The van der Waals surface area contributed by atoms with E-state index >= 15 is 0 Å². The molecule has 0 aliphatic rings. The summed E-state index contributed by atoms with van der Waals surface area (Å²) in [5, 5.41) is 2.93. The average molecular weight is 489 g/mol. The molecule has 0 radical (unpaired) electrons. The first kappa shape index (κ1) is 24.9. The molecule has 0 heterocycles. The van der Waals surface area contributed by atoms with Gasteiger partial charge in [-0.1, -0.05) is 57.2 Å². The molecule has 0 spiro atoms. The van der Waals surface area contributed by atoms with Crippen LogP contribution >= 0.6 is 15.9 Å². The van der Waals surface area contributed by atoms with E-state index in [1.165, 1.54) is 5.56 Å². The minimum absolute atomic E-state index is 0.112. The molecule has 2 amide bonds. The minimum atomic E-state index is -0.516. The van der Waals surface area contributed by atoms with Crippen molar-refractivity contribution in [3.8, 4) is 5.75 Å². The predicted octanol–water partition coefficient (Wildman–Crippen LogP) is 4.77. The molecule has 31 heavy (non-hydrogen) atoms. The van der Waals surface area contributed by atoms with Gasteiger partial charge in [0.15, 0.2) is 6.61 Å². The number of halogens is 1. The standard InChI is InChI=1S/C25H33BrN2O3/c1-4-15-27-25(30)22(6-3)28(16-14-20-10-8-7-9-11-20)24(29)18-31-23-13-12-19(5-2)17-21(23)26/h7-13,17,22H,4-6,14-16,18H2,1-3H3,(H,27,30). The van der Waals surface area contributed by atoms with Crippen LogP contribution in [0.3, 0.4) is 0 Å². The highest BCUT2D eigenvalue weighted by molar-refractivity contribution is 9.10. The molecule has 1 atom stereocenters. The van der Waals surface area contributed by atoms with Gasteiger partial charge in [-0.15, -0.1) is 0 Å². The predicted molar refractivity (Wildman–Crippen MR) is 128 cm³/mol. The van der Waals surface area contributed by atoms with Gasteiger partial charge < -0.3 is 15.0 Å². The Hall–Kier alpha value is -2.34. The van der Waals surface area contributed by atoms with Crippen molar-refractivity contribution >= 4 is 27.7 Å². The maximum absolute atomic E-state index is 13.2. The minimum Gasteiger partial charge on any atom is -0.483 e. The number of nitrogens with zero attached hydrogens (tertiary/aromatic N) is 1. The number of amides is 2. The smallest absolute Gasteiger partial charge is 0.261 e. The van der Waals surface area contributed by atoms with E-state index in [-0.39, 0.29) is 18.4 Å². The van der Waals surface area contributed by atoms with Crippen LogP contribution in [0.1, 0.15) is 44.7 Å². The lowest BCUT2D eigenvalue weighted by molar-refractivity contribution is -0.142. The molecule has 2 aromatic rings. The van der Waals surface area contributed by atoms with Crippen molar-refractivity contribution in [2.24, 2.45) is 0 Å². The number of rotatable bonds is 12. The zero-order valence-electron chi connectivity index (χ0n) is 18.7. The van der Waals surface area contributed by atoms with Crippen LogP contribution in [0.2, 0.25) is 0 Å². The van der Waals surface area contributed by atoms with E-state index in [4.69, 9.17) is 4.74 Å². The molecule has 6 heteroatoms. The van der Waals surface area contributed by atoms with Gasteiger partial charge >= 0.3 is 0 Å². The Morgan fingerprint density at radius 1 is 1.06 bits per heavy atom. The van der Waals surface area contributed by atoms with Gasteiger partial charge in [-0.25, -0.2) is 0 Å². The molecule has 2 aromatic carbocycles. The maximum Gasteiger partial charge on any atom is 0.261 e. The maximum atomic E-state index is 13.2. The van der Waals surface area contributed by atoms with E-state index in [0.717, 1.165) is 22.9 Å². The monoisotopic (exact) mass is 488 g/mol. The van der Waals surface area contributed by atoms with Crippen molar-refractivity contribution < 1.29 is 14.3 Å². The van der Waals surface area contributed by atoms with Gasteiger partial charge in [-0.2, -0.15) is 0 Å². The van der Waals surface area contributed by atoms with Crippen LogP contribution in [-0.4, -0.2) is 42.5 Å².